The minimum atomic E-state index is 0.651. The van der Waals surface area contributed by atoms with Crippen LogP contribution in [-0.2, 0) is 0 Å². The third-order valence-electron chi connectivity index (χ3n) is 2.49. The number of nitrogens with two attached hydrogens (primary N) is 1. The highest BCUT2D eigenvalue weighted by Gasteiger charge is 2.29. The lowest BCUT2D eigenvalue weighted by atomic mass is 10.4. The van der Waals surface area contributed by atoms with Crippen LogP contribution in [0.4, 0.5) is 5.82 Å². The molecule has 1 aliphatic carbocycles. The Balaban J connectivity index is 2.16. The van der Waals surface area contributed by atoms with Crippen molar-refractivity contribution in [2.45, 2.75) is 23.9 Å². The average Bonchev–Trinajstić information content (AvgIpc) is 3.10. The molecule has 0 unspecified atom stereocenters. The van der Waals surface area contributed by atoms with Crippen LogP contribution in [0.15, 0.2) is 17.4 Å². The van der Waals surface area contributed by atoms with Crippen molar-refractivity contribution in [3.05, 3.63) is 12.4 Å². The summed E-state index contributed by atoms with van der Waals surface area (Å²) in [5, 5.41) is 1.02. The van der Waals surface area contributed by atoms with Gasteiger partial charge >= 0.3 is 0 Å². The fraction of sp³-hybridized carbons (Fsp3) is 0.600. The summed E-state index contributed by atoms with van der Waals surface area (Å²) in [7, 11) is 0. The van der Waals surface area contributed by atoms with E-state index >= 15 is 0 Å². The Morgan fingerprint density at radius 2 is 2.33 bits per heavy atom. The van der Waals surface area contributed by atoms with Crippen molar-refractivity contribution in [1.29, 1.82) is 0 Å². The summed E-state index contributed by atoms with van der Waals surface area (Å²) in [5.41, 5.74) is 5.61. The molecule has 4 nitrogen and oxygen atoms in total. The van der Waals surface area contributed by atoms with Crippen LogP contribution in [0.5, 0.6) is 0 Å². The van der Waals surface area contributed by atoms with Crippen LogP contribution >= 0.6 is 11.8 Å². The number of anilines is 1. The van der Waals surface area contributed by atoms with Gasteiger partial charge in [-0.3, -0.25) is 0 Å². The molecule has 0 spiro atoms. The fourth-order valence-corrected chi connectivity index (χ4v) is 1.98. The Morgan fingerprint density at radius 3 is 2.93 bits per heavy atom. The summed E-state index contributed by atoms with van der Waals surface area (Å²) in [6.07, 6.45) is 6.18. The number of thioether (sulfide) groups is 1. The van der Waals surface area contributed by atoms with Gasteiger partial charge in [0.25, 0.3) is 0 Å². The topological polar surface area (TPSA) is 55.0 Å². The van der Waals surface area contributed by atoms with E-state index in [2.05, 4.69) is 14.9 Å². The first-order valence-corrected chi connectivity index (χ1v) is 6.40. The van der Waals surface area contributed by atoms with E-state index in [4.69, 9.17) is 5.73 Å². The van der Waals surface area contributed by atoms with Gasteiger partial charge in [0.05, 0.1) is 0 Å². The quantitative estimate of drug-likeness (QED) is 0.600. The second kappa shape index (κ2) is 4.81. The molecule has 1 saturated carbocycles. The van der Waals surface area contributed by atoms with Crippen molar-refractivity contribution in [3.63, 3.8) is 0 Å². The number of aromatic nitrogens is 2. The van der Waals surface area contributed by atoms with Gasteiger partial charge in [-0.25, -0.2) is 9.97 Å². The zero-order chi connectivity index (χ0) is 10.7. The van der Waals surface area contributed by atoms with Gasteiger partial charge in [0.1, 0.15) is 17.2 Å². The number of rotatable bonds is 5. The molecule has 0 bridgehead atoms. The van der Waals surface area contributed by atoms with E-state index in [1.54, 1.807) is 18.1 Å². The first-order valence-electron chi connectivity index (χ1n) is 5.18. The highest BCUT2D eigenvalue weighted by Crippen LogP contribution is 2.30. The van der Waals surface area contributed by atoms with E-state index < -0.39 is 0 Å². The number of hydrogen-bond acceptors (Lipinski definition) is 5. The van der Waals surface area contributed by atoms with Crippen LogP contribution in [-0.4, -0.2) is 35.4 Å². The van der Waals surface area contributed by atoms with E-state index in [0.717, 1.165) is 17.4 Å². The number of nitrogens with zero attached hydrogens (tertiary/aromatic N) is 3. The minimum absolute atomic E-state index is 0.651. The Labute approximate surface area is 94.3 Å². The van der Waals surface area contributed by atoms with E-state index in [0.29, 0.717) is 12.6 Å². The SMILES string of the molecule is CSc1cc(N(CCN)C2CC2)ncn1. The van der Waals surface area contributed by atoms with Crippen LogP contribution in [0.3, 0.4) is 0 Å². The first kappa shape index (κ1) is 10.7. The predicted molar refractivity (Wildman–Crippen MR) is 63.2 cm³/mol. The summed E-state index contributed by atoms with van der Waals surface area (Å²) in [6.45, 7) is 1.56. The fourth-order valence-electron chi connectivity index (χ4n) is 1.61. The molecule has 1 fully saturated rings. The maximum Gasteiger partial charge on any atom is 0.133 e. The Kier molecular flexibility index (Phi) is 3.43. The Bertz CT molecular complexity index is 327. The lowest BCUT2D eigenvalue weighted by Gasteiger charge is -2.22. The largest absolute Gasteiger partial charge is 0.352 e. The predicted octanol–water partition coefficient (Wildman–Crippen LogP) is 1.13. The first-order chi connectivity index (χ1) is 7.35. The third-order valence-corrected chi connectivity index (χ3v) is 3.13. The second-order valence-corrected chi connectivity index (χ2v) is 4.46. The minimum Gasteiger partial charge on any atom is -0.352 e. The van der Waals surface area contributed by atoms with Crippen molar-refractivity contribution < 1.29 is 0 Å². The maximum absolute atomic E-state index is 5.61. The summed E-state index contributed by atoms with van der Waals surface area (Å²) in [4.78, 5) is 10.8. The third kappa shape index (κ3) is 2.60. The Hall–Kier alpha value is -0.810. The van der Waals surface area contributed by atoms with Gasteiger partial charge < -0.3 is 10.6 Å². The van der Waals surface area contributed by atoms with Crippen LogP contribution < -0.4 is 10.6 Å². The molecule has 1 heterocycles. The zero-order valence-electron chi connectivity index (χ0n) is 8.89. The van der Waals surface area contributed by atoms with E-state index in [1.807, 2.05) is 12.3 Å². The van der Waals surface area contributed by atoms with Crippen molar-refractivity contribution >= 4 is 17.6 Å². The van der Waals surface area contributed by atoms with Gasteiger partial charge in [0.15, 0.2) is 0 Å². The molecule has 15 heavy (non-hydrogen) atoms. The molecule has 0 radical (unpaired) electrons. The molecule has 1 aliphatic rings. The van der Waals surface area contributed by atoms with Crippen LogP contribution in [0, 0.1) is 0 Å². The second-order valence-electron chi connectivity index (χ2n) is 3.63. The average molecular weight is 224 g/mol. The van der Waals surface area contributed by atoms with Crippen molar-refractivity contribution in [1.82, 2.24) is 9.97 Å². The molecule has 5 heteroatoms. The Morgan fingerprint density at radius 1 is 1.53 bits per heavy atom. The molecule has 0 saturated heterocycles. The molecule has 82 valence electrons. The monoisotopic (exact) mass is 224 g/mol. The molecule has 2 rings (SSSR count). The van der Waals surface area contributed by atoms with Gasteiger partial charge in [-0.05, 0) is 19.1 Å². The van der Waals surface area contributed by atoms with Crippen LogP contribution in [0.1, 0.15) is 12.8 Å². The molecule has 0 aromatic carbocycles. The summed E-state index contributed by atoms with van der Waals surface area (Å²) < 4.78 is 0. The number of hydrogen-bond donors (Lipinski definition) is 1. The highest BCUT2D eigenvalue weighted by molar-refractivity contribution is 7.98. The molecular formula is C10H16N4S. The van der Waals surface area contributed by atoms with E-state index in [9.17, 15) is 0 Å². The normalized spacial score (nSPS) is 15.3. The zero-order valence-corrected chi connectivity index (χ0v) is 9.70. The van der Waals surface area contributed by atoms with Gasteiger partial charge in [-0.2, -0.15) is 0 Å². The van der Waals surface area contributed by atoms with Crippen molar-refractivity contribution in [3.8, 4) is 0 Å². The summed E-state index contributed by atoms with van der Waals surface area (Å²) >= 11 is 1.64. The van der Waals surface area contributed by atoms with E-state index in [-0.39, 0.29) is 0 Å². The van der Waals surface area contributed by atoms with Gasteiger partial charge in [0.2, 0.25) is 0 Å². The lowest BCUT2D eigenvalue weighted by molar-refractivity contribution is 0.764. The van der Waals surface area contributed by atoms with E-state index in [1.165, 1.54) is 12.8 Å². The molecule has 1 aromatic heterocycles. The molecule has 0 amide bonds. The van der Waals surface area contributed by atoms with Gasteiger partial charge in [-0.1, -0.05) is 0 Å². The van der Waals surface area contributed by atoms with Gasteiger partial charge in [-0.15, -0.1) is 11.8 Å². The highest BCUT2D eigenvalue weighted by atomic mass is 32.2. The summed E-state index contributed by atoms with van der Waals surface area (Å²) in [6, 6.07) is 2.69. The van der Waals surface area contributed by atoms with Crippen molar-refractivity contribution in [2.24, 2.45) is 5.73 Å². The van der Waals surface area contributed by atoms with Gasteiger partial charge in [0, 0.05) is 25.2 Å². The molecule has 1 aromatic rings. The summed E-state index contributed by atoms with van der Waals surface area (Å²) in [5.74, 6) is 1.02. The standard InChI is InChI=1S/C10H16N4S/c1-15-10-6-9(12-7-13-10)14(5-4-11)8-2-3-8/h6-8H,2-5,11H2,1H3. The molecule has 0 aliphatic heterocycles. The molecular weight excluding hydrogens is 208 g/mol. The molecule has 2 N–H and O–H groups in total. The maximum atomic E-state index is 5.61. The molecule has 0 atom stereocenters. The lowest BCUT2D eigenvalue weighted by Crippen LogP contribution is -2.32. The van der Waals surface area contributed by atoms with Crippen LogP contribution in [0.25, 0.3) is 0 Å². The smallest absolute Gasteiger partial charge is 0.133 e. The van der Waals surface area contributed by atoms with Crippen LogP contribution in [0.2, 0.25) is 0 Å². The van der Waals surface area contributed by atoms with Crippen molar-refractivity contribution in [2.75, 3.05) is 24.2 Å².